The van der Waals surface area contributed by atoms with Crippen molar-refractivity contribution in [3.63, 3.8) is 0 Å². The first kappa shape index (κ1) is 11.7. The summed E-state index contributed by atoms with van der Waals surface area (Å²) in [5.74, 6) is 0.961. The standard InChI is InChI=1S/C17H20O/c1-12(13-7-5-4-6-8-13)17-10-9-14(11-15(17)18)16(17,2)3/h4-8,14H,1,9-11H2,2-3H3. The minimum Gasteiger partial charge on any atom is -0.299 e. The van der Waals surface area contributed by atoms with Gasteiger partial charge in [-0.1, -0.05) is 50.8 Å². The van der Waals surface area contributed by atoms with E-state index in [4.69, 9.17) is 0 Å². The van der Waals surface area contributed by atoms with Crippen molar-refractivity contribution in [2.24, 2.45) is 16.7 Å². The van der Waals surface area contributed by atoms with Gasteiger partial charge in [-0.15, -0.1) is 0 Å². The summed E-state index contributed by atoms with van der Waals surface area (Å²) >= 11 is 0. The van der Waals surface area contributed by atoms with Crippen LogP contribution in [0.1, 0.15) is 38.7 Å². The Labute approximate surface area is 109 Å². The van der Waals surface area contributed by atoms with Crippen LogP contribution >= 0.6 is 0 Å². The normalized spacial score (nSPS) is 32.8. The summed E-state index contributed by atoms with van der Waals surface area (Å²) in [4.78, 5) is 12.5. The van der Waals surface area contributed by atoms with Crippen molar-refractivity contribution >= 4 is 11.4 Å². The molecular formula is C17H20O. The molecular weight excluding hydrogens is 220 g/mol. The first-order valence-corrected chi connectivity index (χ1v) is 6.78. The summed E-state index contributed by atoms with van der Waals surface area (Å²) in [6.07, 6.45) is 2.90. The second-order valence-corrected chi connectivity index (χ2v) is 6.33. The molecule has 0 aromatic heterocycles. The molecule has 1 aromatic carbocycles. The van der Waals surface area contributed by atoms with Gasteiger partial charge in [0.15, 0.2) is 0 Å². The Bertz CT molecular complexity index is 512. The minimum atomic E-state index is -0.307. The van der Waals surface area contributed by atoms with E-state index >= 15 is 0 Å². The van der Waals surface area contributed by atoms with Crippen LogP contribution in [0.3, 0.4) is 0 Å². The van der Waals surface area contributed by atoms with Crippen molar-refractivity contribution in [2.45, 2.75) is 33.1 Å². The number of ketones is 1. The lowest BCUT2D eigenvalue weighted by Gasteiger charge is -2.38. The van der Waals surface area contributed by atoms with Gasteiger partial charge in [-0.3, -0.25) is 4.79 Å². The maximum Gasteiger partial charge on any atom is 0.144 e. The number of carbonyl (C=O) groups excluding carboxylic acids is 1. The molecule has 2 bridgehead atoms. The smallest absolute Gasteiger partial charge is 0.144 e. The number of benzene rings is 1. The van der Waals surface area contributed by atoms with Crippen molar-refractivity contribution < 1.29 is 4.79 Å². The molecule has 1 aromatic rings. The predicted molar refractivity (Wildman–Crippen MR) is 74.0 cm³/mol. The molecule has 0 N–H and O–H groups in total. The lowest BCUT2D eigenvalue weighted by atomic mass is 9.63. The van der Waals surface area contributed by atoms with Gasteiger partial charge in [0.2, 0.25) is 0 Å². The third kappa shape index (κ3) is 1.20. The van der Waals surface area contributed by atoms with Gasteiger partial charge in [-0.25, -0.2) is 0 Å². The van der Waals surface area contributed by atoms with E-state index in [-0.39, 0.29) is 10.8 Å². The Morgan fingerprint density at radius 1 is 1.28 bits per heavy atom. The van der Waals surface area contributed by atoms with Crippen LogP contribution in [0.15, 0.2) is 36.9 Å². The van der Waals surface area contributed by atoms with Crippen LogP contribution in [-0.4, -0.2) is 5.78 Å². The molecule has 18 heavy (non-hydrogen) atoms. The molecule has 2 atom stereocenters. The number of allylic oxidation sites excluding steroid dienone is 1. The summed E-state index contributed by atoms with van der Waals surface area (Å²) < 4.78 is 0. The van der Waals surface area contributed by atoms with Crippen molar-refractivity contribution in [1.82, 2.24) is 0 Å². The van der Waals surface area contributed by atoms with Crippen LogP contribution in [0.5, 0.6) is 0 Å². The number of Topliss-reactive ketones (excluding diaryl/α,β-unsaturated/α-hetero) is 1. The zero-order chi connectivity index (χ0) is 13.0. The molecule has 2 saturated carbocycles. The van der Waals surface area contributed by atoms with Gasteiger partial charge in [0.25, 0.3) is 0 Å². The molecule has 1 nitrogen and oxygen atoms in total. The average molecular weight is 240 g/mol. The number of fused-ring (bicyclic) bond motifs is 2. The van der Waals surface area contributed by atoms with Crippen LogP contribution in [0.2, 0.25) is 0 Å². The van der Waals surface area contributed by atoms with Crippen LogP contribution in [0.4, 0.5) is 0 Å². The summed E-state index contributed by atoms with van der Waals surface area (Å²) in [5, 5.41) is 0. The molecule has 0 heterocycles. The fourth-order valence-electron chi connectivity index (χ4n) is 4.27. The second-order valence-electron chi connectivity index (χ2n) is 6.33. The monoisotopic (exact) mass is 240 g/mol. The van der Waals surface area contributed by atoms with Crippen molar-refractivity contribution in [2.75, 3.05) is 0 Å². The Hall–Kier alpha value is -1.37. The predicted octanol–water partition coefficient (Wildman–Crippen LogP) is 4.10. The van der Waals surface area contributed by atoms with Gasteiger partial charge in [0.05, 0.1) is 5.41 Å². The Balaban J connectivity index is 2.10. The van der Waals surface area contributed by atoms with Crippen molar-refractivity contribution in [1.29, 1.82) is 0 Å². The molecule has 2 fully saturated rings. The summed E-state index contributed by atoms with van der Waals surface area (Å²) in [6.45, 7) is 8.81. The molecule has 94 valence electrons. The zero-order valence-electron chi connectivity index (χ0n) is 11.2. The second kappa shape index (κ2) is 3.57. The van der Waals surface area contributed by atoms with E-state index in [9.17, 15) is 4.79 Å². The van der Waals surface area contributed by atoms with Crippen LogP contribution in [0.25, 0.3) is 5.57 Å². The fraction of sp³-hybridized carbons (Fsp3) is 0.471. The maximum atomic E-state index is 12.5. The topological polar surface area (TPSA) is 17.1 Å². The first-order chi connectivity index (χ1) is 8.50. The summed E-state index contributed by atoms with van der Waals surface area (Å²) in [7, 11) is 0. The third-order valence-corrected chi connectivity index (χ3v) is 5.53. The molecule has 0 aliphatic heterocycles. The van der Waals surface area contributed by atoms with Gasteiger partial charge in [0, 0.05) is 6.42 Å². The zero-order valence-corrected chi connectivity index (χ0v) is 11.2. The van der Waals surface area contributed by atoms with E-state index in [2.05, 4.69) is 32.6 Å². The van der Waals surface area contributed by atoms with E-state index in [0.717, 1.165) is 24.0 Å². The molecule has 0 spiro atoms. The van der Waals surface area contributed by atoms with Crippen molar-refractivity contribution in [3.05, 3.63) is 42.5 Å². The molecule has 0 amide bonds. The van der Waals surface area contributed by atoms with Crippen LogP contribution < -0.4 is 0 Å². The Kier molecular flexibility index (Phi) is 2.32. The summed E-state index contributed by atoms with van der Waals surface area (Å²) in [6, 6.07) is 10.2. The fourth-order valence-corrected chi connectivity index (χ4v) is 4.27. The van der Waals surface area contributed by atoms with Gasteiger partial charge >= 0.3 is 0 Å². The lowest BCUT2D eigenvalue weighted by Crippen LogP contribution is -2.36. The number of hydrogen-bond acceptors (Lipinski definition) is 1. The molecule has 1 heteroatoms. The quantitative estimate of drug-likeness (QED) is 0.760. The highest BCUT2D eigenvalue weighted by Crippen LogP contribution is 2.68. The molecule has 2 unspecified atom stereocenters. The maximum absolute atomic E-state index is 12.5. The van der Waals surface area contributed by atoms with Gasteiger partial charge in [0.1, 0.15) is 5.78 Å². The SMILES string of the molecule is C=C(c1ccccc1)C12CCC(CC1=O)C2(C)C. The number of rotatable bonds is 2. The van der Waals surface area contributed by atoms with E-state index < -0.39 is 0 Å². The average Bonchev–Trinajstić information content (AvgIpc) is 2.73. The van der Waals surface area contributed by atoms with E-state index in [1.54, 1.807) is 0 Å². The molecule has 3 rings (SSSR count). The molecule has 2 aliphatic carbocycles. The Morgan fingerprint density at radius 3 is 2.44 bits per heavy atom. The number of carbonyl (C=O) groups is 1. The highest BCUT2D eigenvalue weighted by Gasteiger charge is 2.65. The summed E-state index contributed by atoms with van der Waals surface area (Å²) in [5.41, 5.74) is 1.93. The van der Waals surface area contributed by atoms with Crippen LogP contribution in [0, 0.1) is 16.7 Å². The molecule has 0 saturated heterocycles. The molecule has 2 aliphatic rings. The first-order valence-electron chi connectivity index (χ1n) is 6.78. The largest absolute Gasteiger partial charge is 0.299 e. The van der Waals surface area contributed by atoms with Gasteiger partial charge in [-0.05, 0) is 35.3 Å². The van der Waals surface area contributed by atoms with E-state index in [0.29, 0.717) is 11.7 Å². The van der Waals surface area contributed by atoms with Crippen LogP contribution in [-0.2, 0) is 4.79 Å². The molecule has 0 radical (unpaired) electrons. The highest BCUT2D eigenvalue weighted by atomic mass is 16.1. The Morgan fingerprint density at radius 2 is 1.94 bits per heavy atom. The van der Waals surface area contributed by atoms with Gasteiger partial charge < -0.3 is 0 Å². The van der Waals surface area contributed by atoms with E-state index in [1.165, 1.54) is 6.42 Å². The highest BCUT2D eigenvalue weighted by molar-refractivity contribution is 6.01. The lowest BCUT2D eigenvalue weighted by molar-refractivity contribution is -0.125. The van der Waals surface area contributed by atoms with Crippen molar-refractivity contribution in [3.8, 4) is 0 Å². The van der Waals surface area contributed by atoms with E-state index in [1.807, 2.05) is 18.2 Å². The van der Waals surface area contributed by atoms with Gasteiger partial charge in [-0.2, -0.15) is 0 Å². The third-order valence-electron chi connectivity index (χ3n) is 5.53. The number of hydrogen-bond donors (Lipinski definition) is 0. The minimum absolute atomic E-state index is 0.0665.